The van der Waals surface area contributed by atoms with E-state index in [4.69, 9.17) is 21.1 Å². The van der Waals surface area contributed by atoms with E-state index in [1.165, 1.54) is 7.05 Å². The number of dihydropyridines is 1. The van der Waals surface area contributed by atoms with E-state index in [2.05, 4.69) is 29.6 Å². The second-order valence-electron chi connectivity index (χ2n) is 11.4. The summed E-state index contributed by atoms with van der Waals surface area (Å²) in [5.41, 5.74) is 5.18. The zero-order chi connectivity index (χ0) is 33.3. The predicted molar refractivity (Wildman–Crippen MR) is 182 cm³/mol. The molecule has 4 aromatic carbocycles. The number of allylic oxidation sites excluding steroid dienone is 2. The fourth-order valence-corrected chi connectivity index (χ4v) is 6.09. The number of halogens is 1. The Balaban J connectivity index is 1.39. The summed E-state index contributed by atoms with van der Waals surface area (Å²) in [6, 6.07) is 36.4. The van der Waals surface area contributed by atoms with Crippen LogP contribution in [-0.4, -0.2) is 36.5 Å². The molecule has 5 rings (SSSR count). The third-order valence-corrected chi connectivity index (χ3v) is 8.45. The fraction of sp³-hybridized carbons (Fsp3) is 0.205. The molecule has 1 unspecified atom stereocenters. The number of hydrogen-bond donors (Lipinski definition) is 1. The average molecular weight is 649 g/mol. The molecular weight excluding hydrogens is 612 g/mol. The second kappa shape index (κ2) is 15.4. The average Bonchev–Trinajstić information content (AvgIpc) is 3.09. The van der Waals surface area contributed by atoms with Crippen molar-refractivity contribution in [2.75, 3.05) is 13.7 Å². The molecule has 1 N–H and O–H groups in total. The van der Waals surface area contributed by atoms with Crippen LogP contribution in [0.2, 0.25) is 5.02 Å². The third kappa shape index (κ3) is 7.99. The first-order chi connectivity index (χ1) is 22.7. The third-order valence-electron chi connectivity index (χ3n) is 8.22. The number of nitrogens with zero attached hydrogens (tertiary/aromatic N) is 1. The molecule has 1 atom stereocenters. The molecule has 8 heteroatoms. The van der Waals surface area contributed by atoms with Gasteiger partial charge in [-0.1, -0.05) is 115 Å². The van der Waals surface area contributed by atoms with Crippen molar-refractivity contribution in [3.63, 3.8) is 0 Å². The van der Waals surface area contributed by atoms with Gasteiger partial charge in [-0.25, -0.2) is 14.5 Å². The van der Waals surface area contributed by atoms with E-state index in [0.717, 1.165) is 21.6 Å². The summed E-state index contributed by atoms with van der Waals surface area (Å²) in [5, 5.41) is 3.63. The first kappa shape index (κ1) is 33.2. The molecule has 0 aliphatic carbocycles. The maximum atomic E-state index is 14.0. The van der Waals surface area contributed by atoms with Crippen molar-refractivity contribution in [1.82, 2.24) is 10.2 Å². The van der Waals surface area contributed by atoms with Gasteiger partial charge in [0.15, 0.2) is 0 Å². The van der Waals surface area contributed by atoms with E-state index in [1.54, 1.807) is 38.1 Å². The van der Waals surface area contributed by atoms with Crippen LogP contribution in [0.5, 0.6) is 0 Å². The lowest BCUT2D eigenvalue weighted by Gasteiger charge is -2.32. The Kier molecular flexibility index (Phi) is 10.9. The molecule has 2 amide bonds. The van der Waals surface area contributed by atoms with Crippen LogP contribution in [0.3, 0.4) is 0 Å². The number of carbonyl (C=O) groups is 3. The van der Waals surface area contributed by atoms with Crippen LogP contribution in [0.25, 0.3) is 0 Å². The SMILES string of the molecule is CC1=C(C(=O)OCCC(c2ccccc2)c2ccccc2)C(c2cccc(Cl)c2)C(C(=O)N(C)C(=O)OCc2ccccc2)=C(C)N1. The molecule has 1 heterocycles. The molecule has 0 radical (unpaired) electrons. The van der Waals surface area contributed by atoms with Crippen molar-refractivity contribution in [3.8, 4) is 0 Å². The number of amides is 2. The Labute approximate surface area is 280 Å². The van der Waals surface area contributed by atoms with Crippen molar-refractivity contribution in [1.29, 1.82) is 0 Å². The van der Waals surface area contributed by atoms with Gasteiger partial charge in [0.1, 0.15) is 6.61 Å². The molecule has 240 valence electrons. The van der Waals surface area contributed by atoms with Crippen LogP contribution in [0.15, 0.2) is 138 Å². The van der Waals surface area contributed by atoms with Gasteiger partial charge in [0.05, 0.1) is 18.1 Å². The minimum absolute atomic E-state index is 0.00877. The van der Waals surface area contributed by atoms with Crippen molar-refractivity contribution in [3.05, 3.63) is 165 Å². The van der Waals surface area contributed by atoms with E-state index < -0.39 is 23.9 Å². The number of rotatable bonds is 10. The molecule has 47 heavy (non-hydrogen) atoms. The maximum absolute atomic E-state index is 14.0. The first-order valence-electron chi connectivity index (χ1n) is 15.4. The molecule has 0 fully saturated rings. The van der Waals surface area contributed by atoms with Crippen LogP contribution in [0.1, 0.15) is 54.4 Å². The molecule has 1 aliphatic heterocycles. The molecule has 0 saturated carbocycles. The highest BCUT2D eigenvalue weighted by Gasteiger charge is 2.39. The number of imide groups is 1. The highest BCUT2D eigenvalue weighted by atomic mass is 35.5. The summed E-state index contributed by atoms with van der Waals surface area (Å²) < 4.78 is 11.4. The molecule has 1 aliphatic rings. The molecule has 7 nitrogen and oxygen atoms in total. The Morgan fingerprint density at radius 1 is 0.766 bits per heavy atom. The minimum atomic E-state index is -0.849. The summed E-state index contributed by atoms with van der Waals surface area (Å²) in [4.78, 5) is 42.0. The number of nitrogens with one attached hydrogen (secondary N) is 1. The van der Waals surface area contributed by atoms with Gasteiger partial charge in [-0.3, -0.25) is 4.79 Å². The van der Waals surface area contributed by atoms with Gasteiger partial charge in [0.2, 0.25) is 0 Å². The smallest absolute Gasteiger partial charge is 0.416 e. The lowest BCUT2D eigenvalue weighted by Crippen LogP contribution is -2.40. The molecule has 0 spiro atoms. The molecule has 0 bridgehead atoms. The quantitative estimate of drug-likeness (QED) is 0.175. The van der Waals surface area contributed by atoms with Gasteiger partial charge in [0.25, 0.3) is 5.91 Å². The van der Waals surface area contributed by atoms with Gasteiger partial charge in [0, 0.05) is 35.0 Å². The van der Waals surface area contributed by atoms with Gasteiger partial charge in [-0.15, -0.1) is 0 Å². The minimum Gasteiger partial charge on any atom is -0.462 e. The van der Waals surface area contributed by atoms with E-state index in [0.29, 0.717) is 28.4 Å². The van der Waals surface area contributed by atoms with Crippen LogP contribution in [0.4, 0.5) is 4.79 Å². The van der Waals surface area contributed by atoms with E-state index >= 15 is 0 Å². The summed E-state index contributed by atoms with van der Waals surface area (Å²) >= 11 is 6.41. The summed E-state index contributed by atoms with van der Waals surface area (Å²) in [7, 11) is 1.36. The van der Waals surface area contributed by atoms with E-state index in [9.17, 15) is 14.4 Å². The topological polar surface area (TPSA) is 84.9 Å². The molecular formula is C39H37ClN2O5. The highest BCUT2D eigenvalue weighted by molar-refractivity contribution is 6.30. The number of likely N-dealkylation sites (N-methyl/N-ethyl adjacent to an activating group) is 1. The number of esters is 1. The van der Waals surface area contributed by atoms with Gasteiger partial charge < -0.3 is 14.8 Å². The monoisotopic (exact) mass is 648 g/mol. The van der Waals surface area contributed by atoms with Gasteiger partial charge in [-0.05, 0) is 54.7 Å². The zero-order valence-electron chi connectivity index (χ0n) is 26.6. The summed E-state index contributed by atoms with van der Waals surface area (Å²) in [6.07, 6.45) is -0.259. The van der Waals surface area contributed by atoms with Gasteiger partial charge >= 0.3 is 12.1 Å². The number of ether oxygens (including phenoxy) is 2. The van der Waals surface area contributed by atoms with Crippen molar-refractivity contribution in [2.24, 2.45) is 0 Å². The van der Waals surface area contributed by atoms with Crippen LogP contribution in [-0.2, 0) is 25.7 Å². The normalized spacial score (nSPS) is 14.4. The predicted octanol–water partition coefficient (Wildman–Crippen LogP) is 8.14. The largest absolute Gasteiger partial charge is 0.462 e. The van der Waals surface area contributed by atoms with Crippen molar-refractivity contribution in [2.45, 2.75) is 38.7 Å². The lowest BCUT2D eigenvalue weighted by molar-refractivity contribution is -0.139. The Hall–Kier alpha value is -5.14. The van der Waals surface area contributed by atoms with Crippen molar-refractivity contribution >= 4 is 29.6 Å². The molecule has 0 aromatic heterocycles. The van der Waals surface area contributed by atoms with Crippen LogP contribution in [0, 0.1) is 0 Å². The van der Waals surface area contributed by atoms with Gasteiger partial charge in [-0.2, -0.15) is 0 Å². The number of hydrogen-bond acceptors (Lipinski definition) is 6. The standard InChI is InChI=1S/C39H37ClN2O5/c1-26-34(37(43)42(3)39(45)47-25-28-14-7-4-8-15-28)36(31-20-13-21-32(40)24-31)35(27(2)41-26)38(44)46-23-22-33(29-16-9-5-10-17-29)30-18-11-6-12-19-30/h4-21,24,33,36,41H,22-23,25H2,1-3H3. The molecule has 0 saturated heterocycles. The lowest BCUT2D eigenvalue weighted by atomic mass is 9.80. The number of benzene rings is 4. The van der Waals surface area contributed by atoms with E-state index in [1.807, 2.05) is 66.7 Å². The summed E-state index contributed by atoms with van der Waals surface area (Å²) in [5.74, 6) is -2.00. The maximum Gasteiger partial charge on any atom is 0.416 e. The highest BCUT2D eigenvalue weighted by Crippen LogP contribution is 2.40. The second-order valence-corrected chi connectivity index (χ2v) is 11.8. The Morgan fingerprint density at radius 3 is 1.94 bits per heavy atom. The zero-order valence-corrected chi connectivity index (χ0v) is 27.4. The van der Waals surface area contributed by atoms with Crippen LogP contribution >= 0.6 is 11.6 Å². The Bertz CT molecular complexity index is 1750. The fourth-order valence-electron chi connectivity index (χ4n) is 5.89. The van der Waals surface area contributed by atoms with Crippen molar-refractivity contribution < 1.29 is 23.9 Å². The molecule has 4 aromatic rings. The number of carbonyl (C=O) groups excluding carboxylic acids is 3. The van der Waals surface area contributed by atoms with Crippen LogP contribution < -0.4 is 5.32 Å². The van der Waals surface area contributed by atoms with E-state index in [-0.39, 0.29) is 30.3 Å². The first-order valence-corrected chi connectivity index (χ1v) is 15.8. The summed E-state index contributed by atoms with van der Waals surface area (Å²) in [6.45, 7) is 3.66. The Morgan fingerprint density at radius 2 is 1.34 bits per heavy atom.